The van der Waals surface area contributed by atoms with Gasteiger partial charge in [0.05, 0.1) is 6.61 Å². The molecule has 5 heteroatoms. The third-order valence-electron chi connectivity index (χ3n) is 2.16. The molecule has 2 atom stereocenters. The van der Waals surface area contributed by atoms with Crippen molar-refractivity contribution in [3.05, 3.63) is 15.0 Å². The van der Waals surface area contributed by atoms with Crippen LogP contribution < -0.4 is 0 Å². The Labute approximate surface area is 88.9 Å². The second-order valence-corrected chi connectivity index (χ2v) is 4.78. The van der Waals surface area contributed by atoms with E-state index in [4.69, 9.17) is 4.74 Å². The van der Waals surface area contributed by atoms with Crippen molar-refractivity contribution in [2.75, 3.05) is 13.2 Å². The third kappa shape index (κ3) is 2.10. The fourth-order valence-electron chi connectivity index (χ4n) is 1.41. The van der Waals surface area contributed by atoms with Crippen LogP contribution in [0.3, 0.4) is 0 Å². The molecule has 0 aromatic carbocycles. The maximum Gasteiger partial charge on any atom is 0.123 e. The highest BCUT2D eigenvalue weighted by molar-refractivity contribution is 9.10. The van der Waals surface area contributed by atoms with Crippen molar-refractivity contribution in [2.45, 2.75) is 12.5 Å². The smallest absolute Gasteiger partial charge is 0.123 e. The molecule has 0 aliphatic carbocycles. The van der Waals surface area contributed by atoms with E-state index < -0.39 is 6.10 Å². The number of hydrogen-bond acceptors (Lipinski definition) is 4. The molecule has 0 amide bonds. The summed E-state index contributed by atoms with van der Waals surface area (Å²) in [5.74, 6) is 0.220. The summed E-state index contributed by atoms with van der Waals surface area (Å²) in [5.41, 5.74) is 0. The largest absolute Gasteiger partial charge is 0.386 e. The average molecular weight is 264 g/mol. The molecule has 0 saturated carbocycles. The van der Waals surface area contributed by atoms with Gasteiger partial charge in [0.1, 0.15) is 15.7 Å². The van der Waals surface area contributed by atoms with E-state index in [1.807, 2.05) is 5.38 Å². The van der Waals surface area contributed by atoms with Gasteiger partial charge in [-0.2, -0.15) is 0 Å². The van der Waals surface area contributed by atoms with Crippen LogP contribution in [0.5, 0.6) is 0 Å². The van der Waals surface area contributed by atoms with Crippen LogP contribution in [0.25, 0.3) is 0 Å². The van der Waals surface area contributed by atoms with Gasteiger partial charge in [0, 0.05) is 17.9 Å². The summed E-state index contributed by atoms with van der Waals surface area (Å²) < 4.78 is 6.01. The van der Waals surface area contributed by atoms with Crippen molar-refractivity contribution >= 4 is 27.3 Å². The number of aromatic nitrogens is 1. The number of ether oxygens (including phenoxy) is 1. The number of nitrogens with zero attached hydrogens (tertiary/aromatic N) is 1. The Morgan fingerprint density at radius 2 is 2.62 bits per heavy atom. The summed E-state index contributed by atoms with van der Waals surface area (Å²) in [6.45, 7) is 1.41. The molecule has 2 rings (SSSR count). The first kappa shape index (κ1) is 9.58. The molecule has 0 bridgehead atoms. The molecular formula is C8H10BrNO2S. The topological polar surface area (TPSA) is 42.4 Å². The summed E-state index contributed by atoms with van der Waals surface area (Å²) in [7, 11) is 0. The molecule has 1 aromatic rings. The summed E-state index contributed by atoms with van der Waals surface area (Å²) in [6, 6.07) is 0. The van der Waals surface area contributed by atoms with Gasteiger partial charge in [-0.3, -0.25) is 0 Å². The van der Waals surface area contributed by atoms with Crippen LogP contribution in [-0.2, 0) is 4.74 Å². The highest BCUT2D eigenvalue weighted by Crippen LogP contribution is 2.31. The Kier molecular flexibility index (Phi) is 2.98. The minimum atomic E-state index is -0.459. The van der Waals surface area contributed by atoms with Gasteiger partial charge in [-0.1, -0.05) is 0 Å². The van der Waals surface area contributed by atoms with Gasteiger partial charge in [-0.25, -0.2) is 4.98 Å². The maximum absolute atomic E-state index is 9.88. The zero-order chi connectivity index (χ0) is 9.26. The molecule has 72 valence electrons. The number of hydrogen-bond donors (Lipinski definition) is 1. The molecule has 13 heavy (non-hydrogen) atoms. The Bertz CT molecular complexity index is 285. The summed E-state index contributed by atoms with van der Waals surface area (Å²) in [4.78, 5) is 4.18. The van der Waals surface area contributed by atoms with Crippen LogP contribution in [0.2, 0.25) is 0 Å². The number of aliphatic hydroxyl groups is 1. The van der Waals surface area contributed by atoms with Crippen molar-refractivity contribution in [3.63, 3.8) is 0 Å². The molecule has 2 unspecified atom stereocenters. The van der Waals surface area contributed by atoms with Crippen molar-refractivity contribution in [1.29, 1.82) is 0 Å². The van der Waals surface area contributed by atoms with Crippen LogP contribution in [-0.4, -0.2) is 23.3 Å². The van der Waals surface area contributed by atoms with Gasteiger partial charge in [-0.15, -0.1) is 11.3 Å². The molecule has 1 saturated heterocycles. The fourth-order valence-corrected chi connectivity index (χ4v) is 2.75. The lowest BCUT2D eigenvalue weighted by atomic mass is 10.0. The number of halogens is 1. The molecule has 1 aliphatic heterocycles. The van der Waals surface area contributed by atoms with Gasteiger partial charge < -0.3 is 9.84 Å². The summed E-state index contributed by atoms with van der Waals surface area (Å²) in [5, 5.41) is 12.5. The van der Waals surface area contributed by atoms with Crippen LogP contribution >= 0.6 is 27.3 Å². The van der Waals surface area contributed by atoms with E-state index >= 15 is 0 Å². The SMILES string of the molecule is OC(c1nc(Br)cs1)C1CCOC1. The monoisotopic (exact) mass is 263 g/mol. The second kappa shape index (κ2) is 4.04. The predicted octanol–water partition coefficient (Wildman–Crippen LogP) is 1.98. The zero-order valence-electron chi connectivity index (χ0n) is 6.94. The van der Waals surface area contributed by atoms with Gasteiger partial charge in [0.25, 0.3) is 0 Å². The van der Waals surface area contributed by atoms with Crippen LogP contribution in [0.1, 0.15) is 17.5 Å². The third-order valence-corrected chi connectivity index (χ3v) is 3.78. The highest BCUT2D eigenvalue weighted by atomic mass is 79.9. The van der Waals surface area contributed by atoms with E-state index in [1.165, 1.54) is 11.3 Å². The molecule has 1 fully saturated rings. The van der Waals surface area contributed by atoms with Gasteiger partial charge in [0.2, 0.25) is 0 Å². The molecule has 1 aliphatic rings. The second-order valence-electron chi connectivity index (χ2n) is 3.08. The van der Waals surface area contributed by atoms with Crippen molar-refractivity contribution in [1.82, 2.24) is 4.98 Å². The maximum atomic E-state index is 9.88. The minimum Gasteiger partial charge on any atom is -0.386 e. The van der Waals surface area contributed by atoms with Gasteiger partial charge in [0.15, 0.2) is 0 Å². The van der Waals surface area contributed by atoms with Crippen LogP contribution in [0, 0.1) is 5.92 Å². The quantitative estimate of drug-likeness (QED) is 0.888. The first-order chi connectivity index (χ1) is 6.27. The lowest BCUT2D eigenvalue weighted by Crippen LogP contribution is -2.11. The van der Waals surface area contributed by atoms with Crippen molar-refractivity contribution in [3.8, 4) is 0 Å². The van der Waals surface area contributed by atoms with Gasteiger partial charge in [-0.05, 0) is 22.4 Å². The standard InChI is InChI=1S/C8H10BrNO2S/c9-6-4-13-8(10-6)7(11)5-1-2-12-3-5/h4-5,7,11H,1-3H2. The number of thiazole rings is 1. The summed E-state index contributed by atoms with van der Waals surface area (Å²) >= 11 is 4.75. The van der Waals surface area contributed by atoms with E-state index in [2.05, 4.69) is 20.9 Å². The average Bonchev–Trinajstić information content (AvgIpc) is 2.72. The normalized spacial score (nSPS) is 24.9. The van der Waals surface area contributed by atoms with Crippen molar-refractivity contribution in [2.24, 2.45) is 5.92 Å². The van der Waals surface area contributed by atoms with Crippen molar-refractivity contribution < 1.29 is 9.84 Å². The predicted molar refractivity (Wildman–Crippen MR) is 53.7 cm³/mol. The Hall–Kier alpha value is 0.0300. The Morgan fingerprint density at radius 3 is 3.15 bits per heavy atom. The lowest BCUT2D eigenvalue weighted by molar-refractivity contribution is 0.0915. The summed E-state index contributed by atoms with van der Waals surface area (Å²) in [6.07, 6.45) is 0.469. The fraction of sp³-hybridized carbons (Fsp3) is 0.625. The molecular weight excluding hydrogens is 254 g/mol. The van der Waals surface area contributed by atoms with E-state index in [9.17, 15) is 5.11 Å². The first-order valence-electron chi connectivity index (χ1n) is 4.14. The van der Waals surface area contributed by atoms with Crippen LogP contribution in [0.4, 0.5) is 0 Å². The van der Waals surface area contributed by atoms with Gasteiger partial charge >= 0.3 is 0 Å². The number of rotatable bonds is 2. The van der Waals surface area contributed by atoms with E-state index in [1.54, 1.807) is 0 Å². The first-order valence-corrected chi connectivity index (χ1v) is 5.81. The molecule has 0 spiro atoms. The van der Waals surface area contributed by atoms with E-state index in [0.29, 0.717) is 6.61 Å². The van der Waals surface area contributed by atoms with Crippen LogP contribution in [0.15, 0.2) is 9.98 Å². The molecule has 0 radical (unpaired) electrons. The number of aliphatic hydroxyl groups excluding tert-OH is 1. The zero-order valence-corrected chi connectivity index (χ0v) is 9.34. The molecule has 1 N–H and O–H groups in total. The Morgan fingerprint density at radius 1 is 1.77 bits per heavy atom. The molecule has 3 nitrogen and oxygen atoms in total. The molecule has 1 aromatic heterocycles. The lowest BCUT2D eigenvalue weighted by Gasteiger charge is -2.12. The Balaban J connectivity index is 2.07. The van der Waals surface area contributed by atoms with E-state index in [-0.39, 0.29) is 5.92 Å². The minimum absolute atomic E-state index is 0.220. The molecule has 2 heterocycles. The van der Waals surface area contributed by atoms with E-state index in [0.717, 1.165) is 22.6 Å². The highest BCUT2D eigenvalue weighted by Gasteiger charge is 2.27.